The molecular formula is C25H24FN5O2. The van der Waals surface area contributed by atoms with E-state index in [9.17, 15) is 14.0 Å². The molecule has 1 fully saturated rings. The van der Waals surface area contributed by atoms with Gasteiger partial charge in [0.05, 0.1) is 18.2 Å². The van der Waals surface area contributed by atoms with E-state index in [0.29, 0.717) is 42.2 Å². The topological polar surface area (TPSA) is 79.3 Å². The van der Waals surface area contributed by atoms with Crippen molar-refractivity contribution in [2.75, 3.05) is 11.4 Å². The number of fused-ring (bicyclic) bond motifs is 1. The number of likely N-dealkylation sites (tertiary alicyclic amines) is 1. The highest BCUT2D eigenvalue weighted by Crippen LogP contribution is 2.35. The fourth-order valence-electron chi connectivity index (χ4n) is 4.67. The van der Waals surface area contributed by atoms with Crippen LogP contribution in [0.15, 0.2) is 48.8 Å². The molecule has 0 spiro atoms. The average Bonchev–Trinajstić information content (AvgIpc) is 3.31. The molecule has 1 atom stereocenters. The summed E-state index contributed by atoms with van der Waals surface area (Å²) in [7, 11) is 0. The number of amides is 2. The molecule has 2 aliphatic rings. The van der Waals surface area contributed by atoms with Crippen LogP contribution in [0.4, 0.5) is 10.2 Å². The summed E-state index contributed by atoms with van der Waals surface area (Å²) < 4.78 is 13.7. The van der Waals surface area contributed by atoms with Crippen molar-refractivity contribution in [1.82, 2.24) is 19.9 Å². The summed E-state index contributed by atoms with van der Waals surface area (Å²) in [6.45, 7) is 2.77. The molecule has 0 bridgehead atoms. The van der Waals surface area contributed by atoms with Crippen LogP contribution in [0.2, 0.25) is 0 Å². The van der Waals surface area contributed by atoms with Gasteiger partial charge in [-0.3, -0.25) is 19.5 Å². The van der Waals surface area contributed by atoms with Gasteiger partial charge in [0.2, 0.25) is 5.91 Å². The van der Waals surface area contributed by atoms with E-state index in [4.69, 9.17) is 9.97 Å². The van der Waals surface area contributed by atoms with Crippen molar-refractivity contribution < 1.29 is 14.0 Å². The summed E-state index contributed by atoms with van der Waals surface area (Å²) in [6.07, 6.45) is 5.74. The van der Waals surface area contributed by atoms with Gasteiger partial charge in [-0.05, 0) is 56.0 Å². The normalized spacial score (nSPS) is 17.9. The number of benzene rings is 1. The highest BCUT2D eigenvalue weighted by Gasteiger charge is 2.35. The first-order valence-electron chi connectivity index (χ1n) is 11.1. The maximum absolute atomic E-state index is 13.7. The molecule has 2 aromatic heterocycles. The fourth-order valence-corrected chi connectivity index (χ4v) is 4.67. The molecule has 4 heterocycles. The third-order valence-corrected chi connectivity index (χ3v) is 6.30. The Morgan fingerprint density at radius 1 is 1.18 bits per heavy atom. The lowest BCUT2D eigenvalue weighted by Gasteiger charge is -2.31. The van der Waals surface area contributed by atoms with E-state index < -0.39 is 0 Å². The van der Waals surface area contributed by atoms with E-state index >= 15 is 0 Å². The number of carbonyl (C=O) groups excluding carboxylic acids is 2. The molecule has 0 radical (unpaired) electrons. The maximum Gasteiger partial charge on any atom is 0.256 e. The Hall–Kier alpha value is -3.68. The Kier molecular flexibility index (Phi) is 5.58. The minimum absolute atomic E-state index is 0.0504. The van der Waals surface area contributed by atoms with E-state index in [1.54, 1.807) is 46.5 Å². The Labute approximate surface area is 191 Å². The monoisotopic (exact) mass is 445 g/mol. The van der Waals surface area contributed by atoms with Crippen LogP contribution >= 0.6 is 0 Å². The highest BCUT2D eigenvalue weighted by atomic mass is 19.1. The van der Waals surface area contributed by atoms with Gasteiger partial charge < -0.3 is 4.90 Å². The number of rotatable bonds is 4. The molecular weight excluding hydrogens is 421 g/mol. The molecule has 1 saturated heterocycles. The lowest BCUT2D eigenvalue weighted by molar-refractivity contribution is -0.119. The summed E-state index contributed by atoms with van der Waals surface area (Å²) in [5.74, 6) is 0.619. The van der Waals surface area contributed by atoms with Crippen molar-refractivity contribution in [3.05, 3.63) is 82.8 Å². The molecule has 1 aromatic carbocycles. The number of nitrogens with zero attached hydrogens (tertiary/aromatic N) is 5. The van der Waals surface area contributed by atoms with Crippen molar-refractivity contribution in [1.29, 1.82) is 0 Å². The second-order valence-corrected chi connectivity index (χ2v) is 8.48. The van der Waals surface area contributed by atoms with Crippen LogP contribution in [0.1, 0.15) is 58.3 Å². The van der Waals surface area contributed by atoms with Gasteiger partial charge in [0.25, 0.3) is 5.91 Å². The maximum atomic E-state index is 13.7. The van der Waals surface area contributed by atoms with Gasteiger partial charge in [-0.1, -0.05) is 12.1 Å². The number of halogens is 1. The van der Waals surface area contributed by atoms with Gasteiger partial charge in [0, 0.05) is 36.6 Å². The van der Waals surface area contributed by atoms with E-state index in [-0.39, 0.29) is 30.2 Å². The average molecular weight is 445 g/mol. The van der Waals surface area contributed by atoms with Gasteiger partial charge in [-0.2, -0.15) is 0 Å². The van der Waals surface area contributed by atoms with Crippen LogP contribution in [-0.2, 0) is 17.8 Å². The number of aryl methyl sites for hydroxylation is 1. The lowest BCUT2D eigenvalue weighted by Crippen LogP contribution is -2.37. The second-order valence-electron chi connectivity index (χ2n) is 8.48. The number of aromatic nitrogens is 3. The standard InChI is InChI=1S/C25H24FN5O2/c1-16-20-9-10-22(32)31(15-17-5-2-7-19(26)13-17)24(20)29-23(28-16)21-8-4-12-30(21)25(33)18-6-3-11-27-14-18/h2-3,5-7,11,13-14,21H,4,8-10,12,15H2,1H3. The fraction of sp³-hybridized carbons (Fsp3) is 0.320. The molecule has 2 amide bonds. The molecule has 1 unspecified atom stereocenters. The summed E-state index contributed by atoms with van der Waals surface area (Å²) in [5.41, 5.74) is 2.97. The molecule has 8 heteroatoms. The van der Waals surface area contributed by atoms with Gasteiger partial charge in [-0.15, -0.1) is 0 Å². The Bertz CT molecular complexity index is 1220. The summed E-state index contributed by atoms with van der Waals surface area (Å²) in [5, 5.41) is 0. The van der Waals surface area contributed by atoms with Crippen molar-refractivity contribution in [2.24, 2.45) is 0 Å². The van der Waals surface area contributed by atoms with Gasteiger partial charge in [0.1, 0.15) is 11.6 Å². The zero-order valence-electron chi connectivity index (χ0n) is 18.4. The molecule has 5 rings (SSSR count). The minimum Gasteiger partial charge on any atom is -0.328 e. The van der Waals surface area contributed by atoms with Crippen molar-refractivity contribution in [2.45, 2.75) is 45.2 Å². The van der Waals surface area contributed by atoms with Crippen LogP contribution in [0.5, 0.6) is 0 Å². The molecule has 7 nitrogen and oxygen atoms in total. The third-order valence-electron chi connectivity index (χ3n) is 6.30. The Morgan fingerprint density at radius 2 is 2.06 bits per heavy atom. The molecule has 0 saturated carbocycles. The first kappa shape index (κ1) is 21.2. The number of anilines is 1. The molecule has 0 N–H and O–H groups in total. The summed E-state index contributed by atoms with van der Waals surface area (Å²) in [6, 6.07) is 9.48. The van der Waals surface area contributed by atoms with Crippen LogP contribution in [-0.4, -0.2) is 38.2 Å². The first-order chi connectivity index (χ1) is 16.0. The number of carbonyl (C=O) groups is 2. The van der Waals surface area contributed by atoms with E-state index in [1.807, 2.05) is 6.92 Å². The van der Waals surface area contributed by atoms with Crippen LogP contribution < -0.4 is 4.90 Å². The minimum atomic E-state index is -0.341. The predicted molar refractivity (Wildman–Crippen MR) is 120 cm³/mol. The SMILES string of the molecule is Cc1nc(C2CCCN2C(=O)c2cccnc2)nc2c1CCC(=O)N2Cc1cccc(F)c1. The van der Waals surface area contributed by atoms with E-state index in [1.165, 1.54) is 12.1 Å². The Morgan fingerprint density at radius 3 is 2.85 bits per heavy atom. The molecule has 33 heavy (non-hydrogen) atoms. The van der Waals surface area contributed by atoms with Crippen molar-refractivity contribution in [3.63, 3.8) is 0 Å². The van der Waals surface area contributed by atoms with E-state index in [0.717, 1.165) is 24.1 Å². The largest absolute Gasteiger partial charge is 0.328 e. The van der Waals surface area contributed by atoms with E-state index in [2.05, 4.69) is 4.98 Å². The molecule has 0 aliphatic carbocycles. The second kappa shape index (κ2) is 8.69. The zero-order valence-corrected chi connectivity index (χ0v) is 18.4. The van der Waals surface area contributed by atoms with Crippen molar-refractivity contribution >= 4 is 17.6 Å². The number of hydrogen-bond acceptors (Lipinski definition) is 5. The lowest BCUT2D eigenvalue weighted by atomic mass is 10.0. The quantitative estimate of drug-likeness (QED) is 0.611. The van der Waals surface area contributed by atoms with Crippen molar-refractivity contribution in [3.8, 4) is 0 Å². The first-order valence-corrected chi connectivity index (χ1v) is 11.1. The molecule has 2 aliphatic heterocycles. The Balaban J connectivity index is 1.50. The summed E-state index contributed by atoms with van der Waals surface area (Å²) >= 11 is 0. The third kappa shape index (κ3) is 4.08. The number of pyridine rings is 1. The van der Waals surface area contributed by atoms with Crippen LogP contribution in [0.3, 0.4) is 0 Å². The highest BCUT2D eigenvalue weighted by molar-refractivity contribution is 5.95. The number of hydrogen-bond donors (Lipinski definition) is 0. The molecule has 3 aromatic rings. The van der Waals surface area contributed by atoms with Gasteiger partial charge in [-0.25, -0.2) is 14.4 Å². The smallest absolute Gasteiger partial charge is 0.256 e. The van der Waals surface area contributed by atoms with Gasteiger partial charge in [0.15, 0.2) is 5.82 Å². The summed E-state index contributed by atoms with van der Waals surface area (Å²) in [4.78, 5) is 43.0. The van der Waals surface area contributed by atoms with Crippen LogP contribution in [0, 0.1) is 12.7 Å². The zero-order chi connectivity index (χ0) is 22.9. The predicted octanol–water partition coefficient (Wildman–Crippen LogP) is 3.78. The molecule has 168 valence electrons. The van der Waals surface area contributed by atoms with Crippen LogP contribution in [0.25, 0.3) is 0 Å². The van der Waals surface area contributed by atoms with Gasteiger partial charge >= 0.3 is 0 Å².